The number of halogens is 3. The molecule has 1 atom stereocenters. The van der Waals surface area contributed by atoms with E-state index in [4.69, 9.17) is 0 Å². The smallest absolute Gasteiger partial charge is 0.356 e. The first-order valence-electron chi connectivity index (χ1n) is 10.9. The Bertz CT molecular complexity index is 1120. The predicted octanol–water partition coefficient (Wildman–Crippen LogP) is 3.06. The van der Waals surface area contributed by atoms with Gasteiger partial charge in [0.25, 0.3) is 10.0 Å². The van der Waals surface area contributed by atoms with E-state index in [0.29, 0.717) is 30.1 Å². The van der Waals surface area contributed by atoms with E-state index in [-0.39, 0.29) is 23.3 Å². The maximum absolute atomic E-state index is 13.3. The number of nitrogens with one attached hydrogen (secondary N) is 2. The number of sulfonamides is 1. The molecule has 0 aromatic carbocycles. The number of aromatic nitrogens is 2. The molecule has 1 aliphatic rings. The number of piperidine rings is 1. The Hall–Kier alpha value is -2.73. The number of nitrogens with zero attached hydrogens (tertiary/aromatic N) is 3. The molecule has 2 aromatic rings. The van der Waals surface area contributed by atoms with Crippen LogP contribution in [0.5, 0.6) is 0 Å². The number of carbonyl (C=O) groups excluding carboxylic acids is 1. The van der Waals surface area contributed by atoms with Gasteiger partial charge >= 0.3 is 6.18 Å². The summed E-state index contributed by atoms with van der Waals surface area (Å²) in [6, 6.07) is 5.08. The van der Waals surface area contributed by atoms with Crippen LogP contribution in [0.4, 0.5) is 19.0 Å². The molecule has 0 aliphatic carbocycles. The molecule has 3 rings (SSSR count). The van der Waals surface area contributed by atoms with Crippen LogP contribution in [0.15, 0.2) is 35.5 Å². The first kappa shape index (κ1) is 25.9. The second-order valence-corrected chi connectivity index (χ2v) is 10.3. The van der Waals surface area contributed by atoms with Crippen LogP contribution in [0.2, 0.25) is 0 Å². The fraction of sp³-hybridized carbons (Fsp3) is 0.500. The van der Waals surface area contributed by atoms with Gasteiger partial charge < -0.3 is 10.2 Å². The molecule has 8 nitrogen and oxygen atoms in total. The first-order valence-corrected chi connectivity index (χ1v) is 12.4. The summed E-state index contributed by atoms with van der Waals surface area (Å²) in [7, 11) is -2.42. The van der Waals surface area contributed by atoms with Crippen molar-refractivity contribution in [2.75, 3.05) is 25.0 Å². The molecule has 34 heavy (non-hydrogen) atoms. The summed E-state index contributed by atoms with van der Waals surface area (Å²) in [5.41, 5.74) is 0.0345. The lowest BCUT2D eigenvalue weighted by Gasteiger charge is -2.33. The van der Waals surface area contributed by atoms with Gasteiger partial charge in [-0.3, -0.25) is 4.79 Å². The summed E-state index contributed by atoms with van der Waals surface area (Å²) in [4.78, 5) is 22.4. The third-order valence-electron chi connectivity index (χ3n) is 5.98. The van der Waals surface area contributed by atoms with Crippen molar-refractivity contribution in [1.29, 1.82) is 0 Å². The number of hydrogen-bond donors (Lipinski definition) is 2. The molecule has 2 aromatic heterocycles. The molecule has 186 valence electrons. The fourth-order valence-corrected chi connectivity index (χ4v) is 4.31. The maximum atomic E-state index is 13.3. The minimum atomic E-state index is -4.56. The Labute approximate surface area is 197 Å². The summed E-state index contributed by atoms with van der Waals surface area (Å²) < 4.78 is 65.6. The Morgan fingerprint density at radius 1 is 1.21 bits per heavy atom. The van der Waals surface area contributed by atoms with Crippen molar-refractivity contribution in [3.63, 3.8) is 0 Å². The standard InChI is InChI=1S/C22H28F3N5O3S/c1-14-8-10-30(11-9-14)20-17(4-6-18(29-20)22(23,24)25)13-28-21(31)15(2)16-5-7-19(27-12-16)34(32,33)26-3/h4-7,12,14-15,26H,8-11,13H2,1-3H3,(H,28,31). The quantitative estimate of drug-likeness (QED) is 0.607. The number of amides is 1. The highest BCUT2D eigenvalue weighted by Gasteiger charge is 2.34. The van der Waals surface area contributed by atoms with Crippen molar-refractivity contribution in [3.05, 3.63) is 47.3 Å². The van der Waals surface area contributed by atoms with Gasteiger partial charge in [0.1, 0.15) is 11.5 Å². The summed E-state index contributed by atoms with van der Waals surface area (Å²) in [5.74, 6) is -0.295. The Balaban J connectivity index is 1.75. The molecule has 12 heteroatoms. The molecular weight excluding hydrogens is 471 g/mol. The minimum Gasteiger partial charge on any atom is -0.356 e. The van der Waals surface area contributed by atoms with Gasteiger partial charge in [-0.1, -0.05) is 19.1 Å². The van der Waals surface area contributed by atoms with Crippen LogP contribution in [0.3, 0.4) is 0 Å². The van der Waals surface area contributed by atoms with Gasteiger partial charge in [0, 0.05) is 31.4 Å². The fourth-order valence-electron chi connectivity index (χ4n) is 3.67. The molecule has 2 N–H and O–H groups in total. The van der Waals surface area contributed by atoms with Gasteiger partial charge in [0.15, 0.2) is 5.03 Å². The Kier molecular flexibility index (Phi) is 7.81. The highest BCUT2D eigenvalue weighted by Crippen LogP contribution is 2.32. The second-order valence-electron chi connectivity index (χ2n) is 8.42. The van der Waals surface area contributed by atoms with E-state index in [1.807, 2.05) is 4.90 Å². The zero-order valence-corrected chi connectivity index (χ0v) is 20.0. The number of carbonyl (C=O) groups is 1. The number of alkyl halides is 3. The van der Waals surface area contributed by atoms with Gasteiger partial charge in [-0.15, -0.1) is 0 Å². The SMILES string of the molecule is CNS(=O)(=O)c1ccc(C(C)C(=O)NCc2ccc(C(F)(F)F)nc2N2CCC(C)CC2)cn1. The van der Waals surface area contributed by atoms with E-state index in [2.05, 4.69) is 26.9 Å². The van der Waals surface area contributed by atoms with Gasteiger partial charge in [0.05, 0.1) is 5.92 Å². The number of anilines is 1. The van der Waals surface area contributed by atoms with Gasteiger partial charge in [0.2, 0.25) is 5.91 Å². The van der Waals surface area contributed by atoms with Crippen LogP contribution >= 0.6 is 0 Å². The van der Waals surface area contributed by atoms with E-state index in [9.17, 15) is 26.4 Å². The predicted molar refractivity (Wildman–Crippen MR) is 121 cm³/mol. The molecule has 1 saturated heterocycles. The number of rotatable bonds is 7. The summed E-state index contributed by atoms with van der Waals surface area (Å²) in [6.07, 6.45) is -1.54. The topological polar surface area (TPSA) is 104 Å². The van der Waals surface area contributed by atoms with Crippen LogP contribution in [-0.2, 0) is 27.5 Å². The molecular formula is C22H28F3N5O3S. The zero-order chi connectivity index (χ0) is 25.1. The van der Waals surface area contributed by atoms with E-state index in [0.717, 1.165) is 18.9 Å². The Morgan fingerprint density at radius 3 is 2.44 bits per heavy atom. The molecule has 3 heterocycles. The van der Waals surface area contributed by atoms with Crippen molar-refractivity contribution < 1.29 is 26.4 Å². The van der Waals surface area contributed by atoms with Gasteiger partial charge in [-0.05, 0) is 50.4 Å². The second kappa shape index (κ2) is 10.3. The lowest BCUT2D eigenvalue weighted by molar-refractivity contribution is -0.141. The molecule has 1 unspecified atom stereocenters. The van der Waals surface area contributed by atoms with Crippen molar-refractivity contribution in [2.45, 2.75) is 50.4 Å². The summed E-state index contributed by atoms with van der Waals surface area (Å²) >= 11 is 0. The number of hydrogen-bond acceptors (Lipinski definition) is 6. The number of pyridine rings is 2. The summed E-state index contributed by atoms with van der Waals surface area (Å²) in [5, 5.41) is 2.59. The highest BCUT2D eigenvalue weighted by molar-refractivity contribution is 7.89. The summed E-state index contributed by atoms with van der Waals surface area (Å²) in [6.45, 7) is 4.95. The highest BCUT2D eigenvalue weighted by atomic mass is 32.2. The lowest BCUT2D eigenvalue weighted by atomic mass is 9.99. The third-order valence-corrected chi connectivity index (χ3v) is 7.31. The van der Waals surface area contributed by atoms with Crippen molar-refractivity contribution in [2.24, 2.45) is 5.92 Å². The maximum Gasteiger partial charge on any atom is 0.433 e. The average Bonchev–Trinajstić information content (AvgIpc) is 2.82. The van der Waals surface area contributed by atoms with E-state index < -0.39 is 27.8 Å². The lowest BCUT2D eigenvalue weighted by Crippen LogP contribution is -2.35. The van der Waals surface area contributed by atoms with Crippen molar-refractivity contribution in [1.82, 2.24) is 20.0 Å². The molecule has 0 radical (unpaired) electrons. The minimum absolute atomic E-state index is 0.00927. The normalized spacial score (nSPS) is 16.4. The van der Waals surface area contributed by atoms with Gasteiger partial charge in [-0.25, -0.2) is 23.1 Å². The molecule has 1 fully saturated rings. The van der Waals surface area contributed by atoms with Crippen LogP contribution < -0.4 is 14.9 Å². The first-order chi connectivity index (χ1) is 15.9. The average molecular weight is 500 g/mol. The van der Waals surface area contributed by atoms with Crippen molar-refractivity contribution in [3.8, 4) is 0 Å². The molecule has 1 amide bonds. The van der Waals surface area contributed by atoms with E-state index in [1.165, 1.54) is 31.4 Å². The largest absolute Gasteiger partial charge is 0.433 e. The monoisotopic (exact) mass is 499 g/mol. The molecule has 0 bridgehead atoms. The van der Waals surface area contributed by atoms with E-state index in [1.54, 1.807) is 6.92 Å². The van der Waals surface area contributed by atoms with Crippen LogP contribution in [0, 0.1) is 5.92 Å². The van der Waals surface area contributed by atoms with Crippen LogP contribution in [0.1, 0.15) is 49.4 Å². The Morgan fingerprint density at radius 2 is 1.88 bits per heavy atom. The molecule has 0 spiro atoms. The zero-order valence-electron chi connectivity index (χ0n) is 19.2. The van der Waals surface area contributed by atoms with Gasteiger partial charge in [-0.2, -0.15) is 13.2 Å². The third kappa shape index (κ3) is 6.03. The molecule has 1 aliphatic heterocycles. The van der Waals surface area contributed by atoms with Crippen LogP contribution in [-0.4, -0.2) is 44.4 Å². The van der Waals surface area contributed by atoms with Crippen molar-refractivity contribution >= 4 is 21.7 Å². The van der Waals surface area contributed by atoms with Crippen LogP contribution in [0.25, 0.3) is 0 Å². The van der Waals surface area contributed by atoms with E-state index >= 15 is 0 Å². The molecule has 0 saturated carbocycles.